The zero-order chi connectivity index (χ0) is 21.8. The molecule has 1 saturated heterocycles. The molecular weight excluding hydrogens is 390 g/mol. The van der Waals surface area contributed by atoms with E-state index in [9.17, 15) is 0 Å². The molecule has 7 nitrogen and oxygen atoms in total. The normalized spacial score (nSPS) is 15.2. The van der Waals surface area contributed by atoms with E-state index in [1.165, 1.54) is 5.56 Å². The number of nitrogens with two attached hydrogens (primary N) is 1. The van der Waals surface area contributed by atoms with Crippen LogP contribution in [0.2, 0.25) is 0 Å². The SMILES string of the molecule is CCOc1cc(CN2CCC(Nc3nc(N)c4cc(C)ccc4n3)CC2)ccc1OC. The van der Waals surface area contributed by atoms with Gasteiger partial charge < -0.3 is 20.5 Å². The van der Waals surface area contributed by atoms with E-state index in [-0.39, 0.29) is 0 Å². The number of nitrogens with one attached hydrogen (secondary N) is 1. The molecule has 0 saturated carbocycles. The second-order valence-electron chi connectivity index (χ2n) is 8.07. The number of nitrogens with zero attached hydrogens (tertiary/aromatic N) is 3. The monoisotopic (exact) mass is 421 g/mol. The van der Waals surface area contributed by atoms with Crippen LogP contribution in [-0.4, -0.2) is 47.7 Å². The number of aryl methyl sites for hydroxylation is 1. The third-order valence-corrected chi connectivity index (χ3v) is 5.74. The van der Waals surface area contributed by atoms with Crippen molar-refractivity contribution in [2.45, 2.75) is 39.3 Å². The number of fused-ring (bicyclic) bond motifs is 1. The van der Waals surface area contributed by atoms with E-state index < -0.39 is 0 Å². The fraction of sp³-hybridized carbons (Fsp3) is 0.417. The lowest BCUT2D eigenvalue weighted by Gasteiger charge is -2.32. The number of piperidine rings is 1. The van der Waals surface area contributed by atoms with E-state index in [2.05, 4.69) is 32.3 Å². The lowest BCUT2D eigenvalue weighted by atomic mass is 10.0. The highest BCUT2D eigenvalue weighted by Crippen LogP contribution is 2.29. The molecule has 2 heterocycles. The second-order valence-corrected chi connectivity index (χ2v) is 8.07. The van der Waals surface area contributed by atoms with Crippen molar-refractivity contribution < 1.29 is 9.47 Å². The minimum Gasteiger partial charge on any atom is -0.493 e. The Balaban J connectivity index is 1.35. The molecule has 31 heavy (non-hydrogen) atoms. The minimum absolute atomic E-state index is 0.341. The quantitative estimate of drug-likeness (QED) is 0.596. The number of hydrogen-bond donors (Lipinski definition) is 2. The summed E-state index contributed by atoms with van der Waals surface area (Å²) in [5, 5.41) is 4.40. The summed E-state index contributed by atoms with van der Waals surface area (Å²) in [7, 11) is 1.67. The maximum atomic E-state index is 6.17. The van der Waals surface area contributed by atoms with Crippen LogP contribution >= 0.6 is 0 Å². The molecule has 3 aromatic rings. The van der Waals surface area contributed by atoms with E-state index >= 15 is 0 Å². The molecule has 0 radical (unpaired) electrons. The van der Waals surface area contributed by atoms with Gasteiger partial charge in [-0.2, -0.15) is 4.98 Å². The van der Waals surface area contributed by atoms with E-state index in [0.29, 0.717) is 24.4 Å². The fourth-order valence-corrected chi connectivity index (χ4v) is 4.09. The Labute approximate surface area is 183 Å². The lowest BCUT2D eigenvalue weighted by Crippen LogP contribution is -2.39. The van der Waals surface area contributed by atoms with Gasteiger partial charge in [-0.25, -0.2) is 4.98 Å². The average molecular weight is 422 g/mol. The molecule has 2 aromatic carbocycles. The van der Waals surface area contributed by atoms with E-state index in [1.807, 2.05) is 38.1 Å². The molecule has 7 heteroatoms. The van der Waals surface area contributed by atoms with Crippen LogP contribution in [0.4, 0.5) is 11.8 Å². The number of benzene rings is 2. The highest BCUT2D eigenvalue weighted by Gasteiger charge is 2.21. The van der Waals surface area contributed by atoms with Gasteiger partial charge in [0.15, 0.2) is 11.5 Å². The van der Waals surface area contributed by atoms with E-state index in [1.54, 1.807) is 7.11 Å². The van der Waals surface area contributed by atoms with Crippen LogP contribution in [0.1, 0.15) is 30.9 Å². The summed E-state index contributed by atoms with van der Waals surface area (Å²) in [6.45, 7) is 7.57. The van der Waals surface area contributed by atoms with E-state index in [4.69, 9.17) is 15.2 Å². The van der Waals surface area contributed by atoms with Gasteiger partial charge >= 0.3 is 0 Å². The highest BCUT2D eigenvalue weighted by molar-refractivity contribution is 5.89. The first-order valence-electron chi connectivity index (χ1n) is 10.9. The number of likely N-dealkylation sites (tertiary alicyclic amines) is 1. The Kier molecular flexibility index (Phi) is 6.42. The van der Waals surface area contributed by atoms with Crippen LogP contribution in [0.3, 0.4) is 0 Å². The van der Waals surface area contributed by atoms with Crippen molar-refractivity contribution in [3.63, 3.8) is 0 Å². The molecule has 0 unspecified atom stereocenters. The molecular formula is C24H31N5O2. The predicted molar refractivity (Wildman–Crippen MR) is 125 cm³/mol. The molecule has 4 rings (SSSR count). The summed E-state index contributed by atoms with van der Waals surface area (Å²) in [4.78, 5) is 11.6. The molecule has 0 bridgehead atoms. The van der Waals surface area contributed by atoms with Gasteiger partial charge in [0.25, 0.3) is 0 Å². The Bertz CT molecular complexity index is 1050. The molecule has 0 spiro atoms. The Hall–Kier alpha value is -3.06. The van der Waals surface area contributed by atoms with Crippen LogP contribution in [0.5, 0.6) is 11.5 Å². The maximum absolute atomic E-state index is 6.17. The van der Waals surface area contributed by atoms with Crippen LogP contribution in [0.15, 0.2) is 36.4 Å². The van der Waals surface area contributed by atoms with Gasteiger partial charge in [0, 0.05) is 31.1 Å². The Morgan fingerprint density at radius 2 is 1.90 bits per heavy atom. The van der Waals surface area contributed by atoms with Gasteiger partial charge in [-0.15, -0.1) is 0 Å². The summed E-state index contributed by atoms with van der Waals surface area (Å²) in [5.74, 6) is 2.72. The van der Waals surface area contributed by atoms with Crippen molar-refractivity contribution in [1.29, 1.82) is 0 Å². The molecule has 164 valence electrons. The number of ether oxygens (including phenoxy) is 2. The van der Waals surface area contributed by atoms with Gasteiger partial charge in [-0.05, 0) is 56.5 Å². The largest absolute Gasteiger partial charge is 0.493 e. The zero-order valence-electron chi connectivity index (χ0n) is 18.5. The van der Waals surface area contributed by atoms with Crippen molar-refractivity contribution in [3.05, 3.63) is 47.5 Å². The van der Waals surface area contributed by atoms with Crippen molar-refractivity contribution in [3.8, 4) is 11.5 Å². The van der Waals surface area contributed by atoms with Gasteiger partial charge in [-0.3, -0.25) is 4.90 Å². The predicted octanol–water partition coefficient (Wildman–Crippen LogP) is 4.00. The number of hydrogen-bond acceptors (Lipinski definition) is 7. The van der Waals surface area contributed by atoms with E-state index in [0.717, 1.165) is 60.4 Å². The van der Waals surface area contributed by atoms with Gasteiger partial charge in [0.1, 0.15) is 5.82 Å². The van der Waals surface area contributed by atoms with Crippen LogP contribution in [0, 0.1) is 6.92 Å². The summed E-state index contributed by atoms with van der Waals surface area (Å²) < 4.78 is 11.1. The minimum atomic E-state index is 0.341. The maximum Gasteiger partial charge on any atom is 0.225 e. The number of rotatable bonds is 7. The fourth-order valence-electron chi connectivity index (χ4n) is 4.09. The smallest absolute Gasteiger partial charge is 0.225 e. The Morgan fingerprint density at radius 1 is 1.10 bits per heavy atom. The Morgan fingerprint density at radius 3 is 2.65 bits per heavy atom. The second kappa shape index (κ2) is 9.39. The van der Waals surface area contributed by atoms with Crippen molar-refractivity contribution in [2.75, 3.05) is 37.9 Å². The van der Waals surface area contributed by atoms with Crippen molar-refractivity contribution >= 4 is 22.7 Å². The number of anilines is 2. The molecule has 0 aliphatic carbocycles. The van der Waals surface area contributed by atoms with Crippen molar-refractivity contribution in [2.24, 2.45) is 0 Å². The average Bonchev–Trinajstić information content (AvgIpc) is 2.76. The summed E-state index contributed by atoms with van der Waals surface area (Å²) in [5.41, 5.74) is 9.44. The van der Waals surface area contributed by atoms with Crippen LogP contribution in [-0.2, 0) is 6.54 Å². The summed E-state index contributed by atoms with van der Waals surface area (Å²) >= 11 is 0. The topological polar surface area (TPSA) is 85.5 Å². The lowest BCUT2D eigenvalue weighted by molar-refractivity contribution is 0.210. The number of aromatic nitrogens is 2. The molecule has 0 amide bonds. The van der Waals surface area contributed by atoms with Crippen LogP contribution in [0.25, 0.3) is 10.9 Å². The molecule has 1 aliphatic rings. The first kappa shape index (κ1) is 21.2. The molecule has 3 N–H and O–H groups in total. The molecule has 1 aromatic heterocycles. The summed E-state index contributed by atoms with van der Waals surface area (Å²) in [6.07, 6.45) is 2.06. The molecule has 0 atom stereocenters. The third kappa shape index (κ3) is 4.99. The van der Waals surface area contributed by atoms with Crippen LogP contribution < -0.4 is 20.5 Å². The van der Waals surface area contributed by atoms with Gasteiger partial charge in [0.2, 0.25) is 5.95 Å². The number of nitrogen functional groups attached to an aromatic ring is 1. The first-order chi connectivity index (χ1) is 15.1. The van der Waals surface area contributed by atoms with Gasteiger partial charge in [0.05, 0.1) is 19.2 Å². The first-order valence-corrected chi connectivity index (χ1v) is 10.9. The summed E-state index contributed by atoms with van der Waals surface area (Å²) in [6, 6.07) is 12.6. The third-order valence-electron chi connectivity index (χ3n) is 5.74. The zero-order valence-corrected chi connectivity index (χ0v) is 18.5. The standard InChI is InChI=1S/C24H31N5O2/c1-4-31-22-14-17(6-8-21(22)30-3)15-29-11-9-18(10-12-29)26-24-27-20-7-5-16(2)13-19(20)23(25)28-24/h5-8,13-14,18H,4,9-12,15H2,1-3H3,(H3,25,26,27,28). The molecule has 1 aliphatic heterocycles. The molecule has 1 fully saturated rings. The highest BCUT2D eigenvalue weighted by atomic mass is 16.5. The number of methoxy groups -OCH3 is 1. The van der Waals surface area contributed by atoms with Crippen molar-refractivity contribution in [1.82, 2.24) is 14.9 Å². The van der Waals surface area contributed by atoms with Gasteiger partial charge in [-0.1, -0.05) is 17.7 Å².